The summed E-state index contributed by atoms with van der Waals surface area (Å²) in [5, 5.41) is 9.63. The number of hydrogen-bond donors (Lipinski definition) is 1. The maximum Gasteiger partial charge on any atom is 0.347 e. The third-order valence-corrected chi connectivity index (χ3v) is 4.94. The predicted octanol–water partition coefficient (Wildman–Crippen LogP) is 3.87. The average molecular weight is 267 g/mol. The van der Waals surface area contributed by atoms with Gasteiger partial charge in [0.2, 0.25) is 0 Å². The van der Waals surface area contributed by atoms with Crippen LogP contribution in [-0.2, 0) is 5.41 Å². The Hall–Kier alpha value is -1.20. The zero-order chi connectivity index (χ0) is 12.6. The van der Waals surface area contributed by atoms with Gasteiger partial charge in [-0.05, 0) is 17.5 Å². The second-order valence-electron chi connectivity index (χ2n) is 4.75. The standard InChI is InChI=1S/C12H13NO2S2/c1-12(2,3)9-5-4-7(16-9)10-13-6-8(17-10)11(14)15/h4-6H,1-3H3,(H,14,15). The lowest BCUT2D eigenvalue weighted by molar-refractivity contribution is 0.0702. The lowest BCUT2D eigenvalue weighted by Crippen LogP contribution is -2.07. The van der Waals surface area contributed by atoms with Gasteiger partial charge in [0, 0.05) is 4.88 Å². The van der Waals surface area contributed by atoms with E-state index in [0.717, 1.165) is 9.88 Å². The van der Waals surface area contributed by atoms with Crippen LogP contribution in [-0.4, -0.2) is 16.1 Å². The number of rotatable bonds is 2. The summed E-state index contributed by atoms with van der Waals surface area (Å²) < 4.78 is 0. The second-order valence-corrected chi connectivity index (χ2v) is 6.86. The van der Waals surface area contributed by atoms with Gasteiger partial charge in [-0.2, -0.15) is 0 Å². The van der Waals surface area contributed by atoms with Gasteiger partial charge in [0.05, 0.1) is 11.1 Å². The number of thiazole rings is 1. The molecule has 2 aromatic heterocycles. The van der Waals surface area contributed by atoms with Crippen LogP contribution in [0.2, 0.25) is 0 Å². The number of carboxylic acid groups (broad SMARTS) is 1. The first-order valence-electron chi connectivity index (χ1n) is 5.18. The van der Waals surface area contributed by atoms with Crippen LogP contribution in [0.4, 0.5) is 0 Å². The van der Waals surface area contributed by atoms with Crippen molar-refractivity contribution in [1.29, 1.82) is 0 Å². The third-order valence-electron chi connectivity index (χ3n) is 2.27. The van der Waals surface area contributed by atoms with Crippen LogP contribution in [0.5, 0.6) is 0 Å². The van der Waals surface area contributed by atoms with E-state index in [1.807, 2.05) is 6.07 Å². The molecule has 0 unspecified atom stereocenters. The van der Waals surface area contributed by atoms with Crippen LogP contribution in [0.3, 0.4) is 0 Å². The van der Waals surface area contributed by atoms with Gasteiger partial charge < -0.3 is 5.11 Å². The van der Waals surface area contributed by atoms with Gasteiger partial charge in [-0.3, -0.25) is 0 Å². The number of thiophene rings is 1. The molecule has 2 heterocycles. The van der Waals surface area contributed by atoms with Crippen LogP contribution in [0.25, 0.3) is 9.88 Å². The van der Waals surface area contributed by atoms with Crippen LogP contribution in [0, 0.1) is 0 Å². The summed E-state index contributed by atoms with van der Waals surface area (Å²) in [5.41, 5.74) is 0.121. The van der Waals surface area contributed by atoms with Crippen molar-refractivity contribution < 1.29 is 9.90 Å². The van der Waals surface area contributed by atoms with Crippen LogP contribution >= 0.6 is 22.7 Å². The molecule has 3 nitrogen and oxygen atoms in total. The highest BCUT2D eigenvalue weighted by atomic mass is 32.1. The Labute approximate surface area is 108 Å². The molecule has 2 aromatic rings. The molecule has 0 fully saturated rings. The summed E-state index contributed by atoms with van der Waals surface area (Å²) in [4.78, 5) is 17.5. The van der Waals surface area contributed by atoms with E-state index < -0.39 is 5.97 Å². The van der Waals surface area contributed by atoms with Crippen molar-refractivity contribution in [1.82, 2.24) is 4.98 Å². The van der Waals surface area contributed by atoms with E-state index >= 15 is 0 Å². The van der Waals surface area contributed by atoms with Crippen molar-refractivity contribution in [3.63, 3.8) is 0 Å². The summed E-state index contributed by atoms with van der Waals surface area (Å²) in [6, 6.07) is 4.09. The highest BCUT2D eigenvalue weighted by Crippen LogP contribution is 2.36. The van der Waals surface area contributed by atoms with E-state index in [0.29, 0.717) is 0 Å². The Bertz CT molecular complexity index is 549. The zero-order valence-electron chi connectivity index (χ0n) is 9.85. The first-order valence-corrected chi connectivity index (χ1v) is 6.81. The molecule has 0 aliphatic carbocycles. The van der Waals surface area contributed by atoms with Gasteiger partial charge in [0.25, 0.3) is 0 Å². The molecule has 0 saturated carbocycles. The fourth-order valence-electron chi connectivity index (χ4n) is 1.34. The van der Waals surface area contributed by atoms with Gasteiger partial charge in [-0.25, -0.2) is 9.78 Å². The van der Waals surface area contributed by atoms with E-state index in [2.05, 4.69) is 31.8 Å². The minimum absolute atomic E-state index is 0.121. The van der Waals surface area contributed by atoms with Crippen molar-refractivity contribution in [2.75, 3.05) is 0 Å². The molecular formula is C12H13NO2S2. The van der Waals surface area contributed by atoms with E-state index in [-0.39, 0.29) is 10.3 Å². The molecule has 1 N–H and O–H groups in total. The molecule has 2 rings (SSSR count). The number of carbonyl (C=O) groups is 1. The molecule has 17 heavy (non-hydrogen) atoms. The predicted molar refractivity (Wildman–Crippen MR) is 71.1 cm³/mol. The SMILES string of the molecule is CC(C)(C)c1ccc(-c2ncc(C(=O)O)s2)s1. The first-order chi connectivity index (χ1) is 7.88. The Balaban J connectivity index is 2.34. The summed E-state index contributed by atoms with van der Waals surface area (Å²) in [6.45, 7) is 6.48. The van der Waals surface area contributed by atoms with E-state index in [1.54, 1.807) is 11.3 Å². The van der Waals surface area contributed by atoms with Gasteiger partial charge in [-0.15, -0.1) is 22.7 Å². The highest BCUT2D eigenvalue weighted by Gasteiger charge is 2.18. The summed E-state index contributed by atoms with van der Waals surface area (Å²) in [7, 11) is 0. The lowest BCUT2D eigenvalue weighted by atomic mass is 9.95. The van der Waals surface area contributed by atoms with Crippen molar-refractivity contribution in [3.05, 3.63) is 28.1 Å². The number of aromatic carboxylic acids is 1. The van der Waals surface area contributed by atoms with Crippen molar-refractivity contribution in [3.8, 4) is 9.88 Å². The molecule has 5 heteroatoms. The van der Waals surface area contributed by atoms with Crippen molar-refractivity contribution in [2.45, 2.75) is 26.2 Å². The minimum atomic E-state index is -0.915. The Morgan fingerprint density at radius 1 is 1.29 bits per heavy atom. The molecule has 0 amide bonds. The maximum atomic E-state index is 10.8. The number of hydrogen-bond acceptors (Lipinski definition) is 4. The third kappa shape index (κ3) is 2.56. The Morgan fingerprint density at radius 3 is 2.47 bits per heavy atom. The van der Waals surface area contributed by atoms with Crippen LogP contribution < -0.4 is 0 Å². The number of aromatic nitrogens is 1. The van der Waals surface area contributed by atoms with Gasteiger partial charge >= 0.3 is 5.97 Å². The fraction of sp³-hybridized carbons (Fsp3) is 0.333. The molecule has 0 aliphatic rings. The first kappa shape index (κ1) is 12.3. The Kier molecular flexibility index (Phi) is 3.05. The normalized spacial score (nSPS) is 11.7. The molecule has 0 radical (unpaired) electrons. The lowest BCUT2D eigenvalue weighted by Gasteiger charge is -2.15. The molecule has 0 bridgehead atoms. The van der Waals surface area contributed by atoms with Gasteiger partial charge in [-0.1, -0.05) is 20.8 Å². The highest BCUT2D eigenvalue weighted by molar-refractivity contribution is 7.22. The minimum Gasteiger partial charge on any atom is -0.477 e. The summed E-state index contributed by atoms with van der Waals surface area (Å²) in [6.07, 6.45) is 1.42. The number of carboxylic acids is 1. The monoisotopic (exact) mass is 267 g/mol. The molecule has 0 aliphatic heterocycles. The molecule has 0 saturated heterocycles. The fourth-order valence-corrected chi connectivity index (χ4v) is 3.22. The molecule has 0 aromatic carbocycles. The topological polar surface area (TPSA) is 50.2 Å². The van der Waals surface area contributed by atoms with Crippen LogP contribution in [0.15, 0.2) is 18.3 Å². The molecule has 0 spiro atoms. The van der Waals surface area contributed by atoms with Gasteiger partial charge in [0.1, 0.15) is 9.88 Å². The van der Waals surface area contributed by atoms with Crippen molar-refractivity contribution in [2.24, 2.45) is 0 Å². The van der Waals surface area contributed by atoms with E-state index in [4.69, 9.17) is 5.11 Å². The van der Waals surface area contributed by atoms with E-state index in [9.17, 15) is 4.79 Å². The second kappa shape index (κ2) is 4.23. The van der Waals surface area contributed by atoms with Crippen molar-refractivity contribution >= 4 is 28.6 Å². The quantitative estimate of drug-likeness (QED) is 0.898. The smallest absolute Gasteiger partial charge is 0.347 e. The average Bonchev–Trinajstić information content (AvgIpc) is 2.85. The molecule has 0 atom stereocenters. The summed E-state index contributed by atoms with van der Waals surface area (Å²) in [5.74, 6) is -0.915. The largest absolute Gasteiger partial charge is 0.477 e. The Morgan fingerprint density at radius 2 is 2.00 bits per heavy atom. The summed E-state index contributed by atoms with van der Waals surface area (Å²) >= 11 is 2.89. The van der Waals surface area contributed by atoms with Crippen LogP contribution in [0.1, 0.15) is 35.3 Å². The number of nitrogens with zero attached hydrogens (tertiary/aromatic N) is 1. The van der Waals surface area contributed by atoms with E-state index in [1.165, 1.54) is 22.4 Å². The maximum absolute atomic E-state index is 10.8. The zero-order valence-corrected chi connectivity index (χ0v) is 11.5. The van der Waals surface area contributed by atoms with Gasteiger partial charge in [0.15, 0.2) is 0 Å². The molecule has 90 valence electrons. The molecular weight excluding hydrogens is 254 g/mol.